The smallest absolute Gasteiger partial charge is 0.328 e. The van der Waals surface area contributed by atoms with Crippen LogP contribution in [0.15, 0.2) is 30.3 Å². The molecule has 0 fully saturated rings. The molecule has 0 radical (unpaired) electrons. The van der Waals surface area contributed by atoms with E-state index in [2.05, 4.69) is 5.32 Å². The zero-order valence-corrected chi connectivity index (χ0v) is 10.1. The van der Waals surface area contributed by atoms with Crippen molar-refractivity contribution in [2.75, 3.05) is 20.3 Å². The molecule has 0 atom stereocenters. The highest BCUT2D eigenvalue weighted by Crippen LogP contribution is 2.07. The molecule has 2 N–H and O–H groups in total. The van der Waals surface area contributed by atoms with Gasteiger partial charge in [-0.25, -0.2) is 4.79 Å². The van der Waals surface area contributed by atoms with Crippen molar-refractivity contribution in [1.82, 2.24) is 5.32 Å². The molecule has 5 nitrogen and oxygen atoms in total. The largest absolute Gasteiger partial charge is 0.478 e. The van der Waals surface area contributed by atoms with Crippen LogP contribution in [-0.2, 0) is 9.53 Å². The second kappa shape index (κ2) is 7.24. The zero-order valence-electron chi connectivity index (χ0n) is 10.1. The van der Waals surface area contributed by atoms with Gasteiger partial charge in [0.05, 0.1) is 6.61 Å². The maximum absolute atomic E-state index is 11.7. The Kier molecular flexibility index (Phi) is 5.60. The molecule has 0 saturated heterocycles. The lowest BCUT2D eigenvalue weighted by atomic mass is 10.1. The molecule has 0 unspecified atom stereocenters. The summed E-state index contributed by atoms with van der Waals surface area (Å²) in [5.74, 6) is -1.23. The molecule has 0 aliphatic rings. The van der Waals surface area contributed by atoms with E-state index in [1.54, 1.807) is 31.4 Å². The van der Waals surface area contributed by atoms with Gasteiger partial charge in [-0.3, -0.25) is 4.79 Å². The van der Waals surface area contributed by atoms with E-state index in [4.69, 9.17) is 9.84 Å². The molecule has 1 aromatic rings. The maximum Gasteiger partial charge on any atom is 0.328 e. The van der Waals surface area contributed by atoms with Crippen LogP contribution in [-0.4, -0.2) is 37.2 Å². The van der Waals surface area contributed by atoms with Gasteiger partial charge in [-0.1, -0.05) is 12.1 Å². The molecule has 1 amide bonds. The van der Waals surface area contributed by atoms with Gasteiger partial charge in [0, 0.05) is 25.3 Å². The van der Waals surface area contributed by atoms with Crippen LogP contribution in [0.2, 0.25) is 0 Å². The summed E-state index contributed by atoms with van der Waals surface area (Å²) in [6.45, 7) is 0.884. The molecule has 1 aromatic carbocycles. The summed E-state index contributed by atoms with van der Waals surface area (Å²) in [4.78, 5) is 22.1. The van der Waals surface area contributed by atoms with Gasteiger partial charge in [0.15, 0.2) is 0 Å². The van der Waals surface area contributed by atoms with Crippen LogP contribution < -0.4 is 5.32 Å². The molecule has 0 aromatic heterocycles. The monoisotopic (exact) mass is 249 g/mol. The van der Waals surface area contributed by atoms with E-state index in [1.807, 2.05) is 0 Å². The first-order valence-electron chi connectivity index (χ1n) is 5.41. The second-order valence-corrected chi connectivity index (χ2v) is 3.55. The fourth-order valence-corrected chi connectivity index (χ4v) is 1.32. The third-order valence-corrected chi connectivity index (χ3v) is 2.16. The Labute approximate surface area is 105 Å². The number of rotatable bonds is 6. The van der Waals surface area contributed by atoms with E-state index in [9.17, 15) is 9.59 Å². The van der Waals surface area contributed by atoms with E-state index in [0.717, 1.165) is 6.08 Å². The molecule has 0 bridgehead atoms. The molecular formula is C13H15NO4. The number of ether oxygens (including phenoxy) is 1. The van der Waals surface area contributed by atoms with Crippen LogP contribution in [0.3, 0.4) is 0 Å². The van der Waals surface area contributed by atoms with Crippen molar-refractivity contribution in [3.63, 3.8) is 0 Å². The van der Waals surface area contributed by atoms with Crippen LogP contribution in [0.5, 0.6) is 0 Å². The van der Waals surface area contributed by atoms with Crippen LogP contribution >= 0.6 is 0 Å². The van der Waals surface area contributed by atoms with Crippen molar-refractivity contribution in [1.29, 1.82) is 0 Å². The van der Waals surface area contributed by atoms with Gasteiger partial charge >= 0.3 is 5.97 Å². The van der Waals surface area contributed by atoms with Crippen molar-refractivity contribution < 1.29 is 19.4 Å². The minimum atomic E-state index is -1.02. The molecule has 18 heavy (non-hydrogen) atoms. The lowest BCUT2D eigenvalue weighted by Gasteiger charge is -2.04. The van der Waals surface area contributed by atoms with Gasteiger partial charge in [-0.15, -0.1) is 0 Å². The molecular weight excluding hydrogens is 234 g/mol. The number of carboxylic acids is 1. The zero-order chi connectivity index (χ0) is 13.4. The summed E-state index contributed by atoms with van der Waals surface area (Å²) in [5.41, 5.74) is 1.15. The molecule has 0 aliphatic heterocycles. The van der Waals surface area contributed by atoms with E-state index < -0.39 is 5.97 Å². The van der Waals surface area contributed by atoms with Crippen LogP contribution in [0.25, 0.3) is 6.08 Å². The first-order valence-corrected chi connectivity index (χ1v) is 5.41. The molecule has 0 aliphatic carbocycles. The predicted molar refractivity (Wildman–Crippen MR) is 67.3 cm³/mol. The highest BCUT2D eigenvalue weighted by molar-refractivity contribution is 5.95. The molecule has 96 valence electrons. The summed E-state index contributed by atoms with van der Waals surface area (Å²) in [6.07, 6.45) is 2.47. The first kappa shape index (κ1) is 13.9. The fraction of sp³-hybridized carbons (Fsp3) is 0.231. The van der Waals surface area contributed by atoms with E-state index in [-0.39, 0.29) is 5.91 Å². The lowest BCUT2D eigenvalue weighted by molar-refractivity contribution is -0.131. The van der Waals surface area contributed by atoms with E-state index >= 15 is 0 Å². The molecule has 5 heteroatoms. The Morgan fingerprint density at radius 1 is 1.44 bits per heavy atom. The third-order valence-electron chi connectivity index (χ3n) is 2.16. The number of carboxylic acid groups (broad SMARTS) is 1. The van der Waals surface area contributed by atoms with Crippen LogP contribution in [0.4, 0.5) is 0 Å². The highest BCUT2D eigenvalue weighted by Gasteiger charge is 2.04. The summed E-state index contributed by atoms with van der Waals surface area (Å²) >= 11 is 0. The van der Waals surface area contributed by atoms with Crippen molar-refractivity contribution >= 4 is 18.0 Å². The van der Waals surface area contributed by atoms with Crippen LogP contribution in [0.1, 0.15) is 15.9 Å². The van der Waals surface area contributed by atoms with Gasteiger partial charge in [0.1, 0.15) is 0 Å². The number of carbonyl (C=O) groups excluding carboxylic acids is 1. The Morgan fingerprint density at radius 2 is 2.22 bits per heavy atom. The number of nitrogens with one attached hydrogen (secondary N) is 1. The third kappa shape index (κ3) is 4.80. The maximum atomic E-state index is 11.7. The number of benzene rings is 1. The normalized spacial score (nSPS) is 10.5. The summed E-state index contributed by atoms with van der Waals surface area (Å²) < 4.78 is 4.83. The Hall–Kier alpha value is -2.14. The summed E-state index contributed by atoms with van der Waals surface area (Å²) in [6, 6.07) is 6.72. The Morgan fingerprint density at radius 3 is 2.89 bits per heavy atom. The van der Waals surface area contributed by atoms with E-state index in [0.29, 0.717) is 24.3 Å². The second-order valence-electron chi connectivity index (χ2n) is 3.55. The van der Waals surface area contributed by atoms with E-state index in [1.165, 1.54) is 6.08 Å². The lowest BCUT2D eigenvalue weighted by Crippen LogP contribution is -2.26. The number of aliphatic carboxylic acids is 1. The van der Waals surface area contributed by atoms with Crippen molar-refractivity contribution in [3.8, 4) is 0 Å². The average Bonchev–Trinajstić information content (AvgIpc) is 2.37. The number of hydrogen-bond donors (Lipinski definition) is 2. The minimum Gasteiger partial charge on any atom is -0.478 e. The van der Waals surface area contributed by atoms with Crippen molar-refractivity contribution in [3.05, 3.63) is 41.5 Å². The standard InChI is InChI=1S/C13H15NO4/c1-18-8-7-14-13(17)11-4-2-3-10(9-11)5-6-12(15)16/h2-6,9H,7-8H2,1H3,(H,14,17)(H,15,16). The van der Waals surface area contributed by atoms with Gasteiger partial charge in [0.25, 0.3) is 5.91 Å². The minimum absolute atomic E-state index is 0.211. The highest BCUT2D eigenvalue weighted by atomic mass is 16.5. The number of carbonyl (C=O) groups is 2. The molecule has 0 spiro atoms. The number of methoxy groups -OCH3 is 1. The molecule has 0 saturated carbocycles. The quantitative estimate of drug-likeness (QED) is 0.586. The topological polar surface area (TPSA) is 75.6 Å². The van der Waals surface area contributed by atoms with Gasteiger partial charge in [-0.2, -0.15) is 0 Å². The van der Waals surface area contributed by atoms with Crippen molar-refractivity contribution in [2.45, 2.75) is 0 Å². The summed E-state index contributed by atoms with van der Waals surface area (Å²) in [5, 5.41) is 11.2. The number of amides is 1. The molecule has 1 rings (SSSR count). The Bertz CT molecular complexity index is 454. The first-order chi connectivity index (χ1) is 8.63. The average molecular weight is 249 g/mol. The van der Waals surface area contributed by atoms with Gasteiger partial charge < -0.3 is 15.2 Å². The van der Waals surface area contributed by atoms with Gasteiger partial charge in [-0.05, 0) is 23.8 Å². The summed E-state index contributed by atoms with van der Waals surface area (Å²) in [7, 11) is 1.56. The Balaban J connectivity index is 2.69. The predicted octanol–water partition coefficient (Wildman–Crippen LogP) is 1.16. The molecule has 0 heterocycles. The van der Waals surface area contributed by atoms with Crippen molar-refractivity contribution in [2.24, 2.45) is 0 Å². The fourth-order valence-electron chi connectivity index (χ4n) is 1.32. The number of hydrogen-bond acceptors (Lipinski definition) is 3. The van der Waals surface area contributed by atoms with Crippen LogP contribution in [0, 0.1) is 0 Å². The van der Waals surface area contributed by atoms with Gasteiger partial charge in [0.2, 0.25) is 0 Å². The SMILES string of the molecule is COCCNC(=O)c1cccc(C=CC(=O)O)c1.